The number of likely N-dealkylation sites (tertiary alicyclic amines) is 2. The molecule has 0 bridgehead atoms. The zero-order valence-electron chi connectivity index (χ0n) is 22.2. The van der Waals surface area contributed by atoms with Gasteiger partial charge in [-0.1, -0.05) is 12.2 Å². The number of amides is 1. The molecule has 3 heterocycles. The number of carbonyl (C=O) groups is 2. The van der Waals surface area contributed by atoms with Crippen molar-refractivity contribution in [1.82, 2.24) is 14.7 Å². The second-order valence-corrected chi connectivity index (χ2v) is 13.0. The van der Waals surface area contributed by atoms with Gasteiger partial charge in [0.15, 0.2) is 0 Å². The van der Waals surface area contributed by atoms with Crippen LogP contribution in [0.4, 0.5) is 0 Å². The molecule has 0 saturated carbocycles. The molecular weight excluding hydrogens is 414 g/mol. The third kappa shape index (κ3) is 4.93. The van der Waals surface area contributed by atoms with Crippen molar-refractivity contribution in [2.75, 3.05) is 7.05 Å². The Hall–Kier alpha value is -1.66. The van der Waals surface area contributed by atoms with E-state index in [1.807, 2.05) is 29.3 Å². The van der Waals surface area contributed by atoms with Crippen LogP contribution in [-0.2, 0) is 9.59 Å². The summed E-state index contributed by atoms with van der Waals surface area (Å²) in [6.45, 7) is 17.6. The van der Waals surface area contributed by atoms with Crippen molar-refractivity contribution in [3.8, 4) is 0 Å². The third-order valence-electron chi connectivity index (χ3n) is 8.56. The van der Waals surface area contributed by atoms with Crippen molar-refractivity contribution in [2.45, 2.75) is 122 Å². The van der Waals surface area contributed by atoms with E-state index >= 15 is 0 Å². The lowest BCUT2D eigenvalue weighted by Crippen LogP contribution is -2.71. The fourth-order valence-electron chi connectivity index (χ4n) is 7.29. The van der Waals surface area contributed by atoms with Gasteiger partial charge in [-0.25, -0.2) is 0 Å². The van der Waals surface area contributed by atoms with Gasteiger partial charge < -0.3 is 10.0 Å². The maximum atomic E-state index is 12.9. The Balaban J connectivity index is 1.96. The van der Waals surface area contributed by atoms with Crippen LogP contribution in [0.3, 0.4) is 0 Å². The van der Waals surface area contributed by atoms with E-state index in [1.165, 1.54) is 0 Å². The van der Waals surface area contributed by atoms with Gasteiger partial charge in [-0.2, -0.15) is 0 Å². The molecule has 3 aliphatic rings. The molecule has 0 spiro atoms. The molecular formula is C27H45N3O3. The van der Waals surface area contributed by atoms with E-state index in [1.54, 1.807) is 0 Å². The highest BCUT2D eigenvalue weighted by Crippen LogP contribution is 2.48. The van der Waals surface area contributed by atoms with Gasteiger partial charge >= 0.3 is 5.97 Å². The minimum atomic E-state index is -0.731. The zero-order chi connectivity index (χ0) is 25.0. The molecule has 6 heteroatoms. The van der Waals surface area contributed by atoms with E-state index in [0.29, 0.717) is 6.42 Å². The number of rotatable bonds is 4. The lowest BCUT2D eigenvalue weighted by atomic mass is 9.68. The SMILES string of the molecule is CN1C(C)(C)CC(C(C(=O)O)N2C(C)(C)CC(N3C=CC=CCC3=O)CC2(C)C)CC1(C)C. The second kappa shape index (κ2) is 8.53. The van der Waals surface area contributed by atoms with Gasteiger partial charge in [0.05, 0.1) is 0 Å². The van der Waals surface area contributed by atoms with Crippen molar-refractivity contribution in [3.63, 3.8) is 0 Å². The third-order valence-corrected chi connectivity index (χ3v) is 8.56. The molecule has 0 aromatic rings. The van der Waals surface area contributed by atoms with Gasteiger partial charge in [0.25, 0.3) is 0 Å². The molecule has 0 aromatic heterocycles. The molecule has 186 valence electrons. The molecule has 1 atom stereocenters. The largest absolute Gasteiger partial charge is 0.480 e. The Morgan fingerprint density at radius 1 is 0.909 bits per heavy atom. The summed E-state index contributed by atoms with van der Waals surface area (Å²) in [4.78, 5) is 32.3. The second-order valence-electron chi connectivity index (χ2n) is 13.0. The number of aliphatic carboxylic acids is 1. The first-order valence-corrected chi connectivity index (χ1v) is 12.4. The van der Waals surface area contributed by atoms with Gasteiger partial charge in [0.2, 0.25) is 5.91 Å². The first-order chi connectivity index (χ1) is 15.0. The average molecular weight is 460 g/mol. The first kappa shape index (κ1) is 26.0. The van der Waals surface area contributed by atoms with E-state index in [-0.39, 0.29) is 40.0 Å². The van der Waals surface area contributed by atoms with Gasteiger partial charge in [-0.15, -0.1) is 0 Å². The van der Waals surface area contributed by atoms with E-state index in [9.17, 15) is 14.7 Å². The maximum absolute atomic E-state index is 12.9. The van der Waals surface area contributed by atoms with Crippen LogP contribution in [0.1, 0.15) is 87.5 Å². The smallest absolute Gasteiger partial charge is 0.321 e. The normalized spacial score (nSPS) is 29.1. The Morgan fingerprint density at radius 3 is 1.91 bits per heavy atom. The highest BCUT2D eigenvalue weighted by molar-refractivity contribution is 5.80. The van der Waals surface area contributed by atoms with Crippen LogP contribution in [0.15, 0.2) is 24.4 Å². The molecule has 0 radical (unpaired) electrons. The number of allylic oxidation sites excluding steroid dienone is 2. The topological polar surface area (TPSA) is 64.1 Å². The highest BCUT2D eigenvalue weighted by Gasteiger charge is 2.56. The number of nitrogens with zero attached hydrogens (tertiary/aromatic N) is 3. The monoisotopic (exact) mass is 459 g/mol. The summed E-state index contributed by atoms with van der Waals surface area (Å²) in [7, 11) is 2.16. The molecule has 0 aromatic carbocycles. The summed E-state index contributed by atoms with van der Waals surface area (Å²) in [5.41, 5.74) is -0.909. The number of piperidine rings is 2. The van der Waals surface area contributed by atoms with Crippen LogP contribution < -0.4 is 0 Å². The molecule has 0 aliphatic carbocycles. The van der Waals surface area contributed by atoms with E-state index < -0.39 is 12.0 Å². The molecule has 33 heavy (non-hydrogen) atoms. The summed E-state index contributed by atoms with van der Waals surface area (Å²) in [5, 5.41) is 10.6. The quantitative estimate of drug-likeness (QED) is 0.662. The number of hydrogen-bond acceptors (Lipinski definition) is 4. The van der Waals surface area contributed by atoms with Crippen LogP contribution in [0.25, 0.3) is 0 Å². The fraction of sp³-hybridized carbons (Fsp3) is 0.778. The zero-order valence-corrected chi connectivity index (χ0v) is 22.2. The Morgan fingerprint density at radius 2 is 1.42 bits per heavy atom. The molecule has 1 N–H and O–H groups in total. The minimum absolute atomic E-state index is 0.0442. The highest BCUT2D eigenvalue weighted by atomic mass is 16.4. The first-order valence-electron chi connectivity index (χ1n) is 12.4. The van der Waals surface area contributed by atoms with Gasteiger partial charge in [0, 0.05) is 40.8 Å². The number of hydrogen-bond donors (Lipinski definition) is 1. The summed E-state index contributed by atoms with van der Waals surface area (Å²) in [5.74, 6) is -0.577. The van der Waals surface area contributed by atoms with Gasteiger partial charge in [-0.05, 0) is 100 Å². The van der Waals surface area contributed by atoms with Crippen molar-refractivity contribution >= 4 is 11.9 Å². The summed E-state index contributed by atoms with van der Waals surface area (Å²) in [6.07, 6.45) is 11.2. The fourth-order valence-corrected chi connectivity index (χ4v) is 7.29. The number of carbonyl (C=O) groups excluding carboxylic acids is 1. The predicted octanol–water partition coefficient (Wildman–Crippen LogP) is 4.66. The van der Waals surface area contributed by atoms with Crippen LogP contribution >= 0.6 is 0 Å². The molecule has 3 aliphatic heterocycles. The summed E-state index contributed by atoms with van der Waals surface area (Å²) in [6, 6.07) is -0.519. The van der Waals surface area contributed by atoms with Crippen LogP contribution in [-0.4, -0.2) is 73.0 Å². The lowest BCUT2D eigenvalue weighted by Gasteiger charge is -2.62. The van der Waals surface area contributed by atoms with E-state index in [0.717, 1.165) is 25.7 Å². The van der Waals surface area contributed by atoms with Crippen molar-refractivity contribution in [1.29, 1.82) is 0 Å². The molecule has 3 rings (SSSR count). The number of carboxylic acids is 1. The minimum Gasteiger partial charge on any atom is -0.480 e. The Bertz CT molecular complexity index is 804. The Kier molecular flexibility index (Phi) is 6.71. The summed E-state index contributed by atoms with van der Waals surface area (Å²) >= 11 is 0. The maximum Gasteiger partial charge on any atom is 0.321 e. The van der Waals surface area contributed by atoms with Gasteiger partial charge in [-0.3, -0.25) is 19.4 Å². The standard InChI is InChI=1S/C27H45N3O3/c1-24(2)15-19(16-25(3,4)28(24)9)22(23(32)33)30-26(5,6)17-20(18-27(30,7)8)29-14-12-10-11-13-21(29)31/h10-12,14,19-20,22H,13,15-18H2,1-9H3,(H,32,33). The molecule has 2 saturated heterocycles. The van der Waals surface area contributed by atoms with Gasteiger partial charge in [0.1, 0.15) is 6.04 Å². The average Bonchev–Trinajstić information content (AvgIpc) is 2.85. The molecule has 2 fully saturated rings. The van der Waals surface area contributed by atoms with Crippen LogP contribution in [0.2, 0.25) is 0 Å². The lowest BCUT2D eigenvalue weighted by molar-refractivity contribution is -0.170. The van der Waals surface area contributed by atoms with E-state index in [4.69, 9.17) is 0 Å². The predicted molar refractivity (Wildman–Crippen MR) is 133 cm³/mol. The van der Waals surface area contributed by atoms with Crippen LogP contribution in [0.5, 0.6) is 0 Å². The molecule has 1 unspecified atom stereocenters. The van der Waals surface area contributed by atoms with Crippen molar-refractivity contribution in [3.05, 3.63) is 24.4 Å². The summed E-state index contributed by atoms with van der Waals surface area (Å²) < 4.78 is 0. The van der Waals surface area contributed by atoms with Crippen LogP contribution in [0, 0.1) is 5.92 Å². The Labute approximate surface area is 200 Å². The number of carboxylic acid groups (broad SMARTS) is 1. The van der Waals surface area contributed by atoms with Crippen molar-refractivity contribution < 1.29 is 14.7 Å². The van der Waals surface area contributed by atoms with Crippen molar-refractivity contribution in [2.24, 2.45) is 5.92 Å². The molecule has 6 nitrogen and oxygen atoms in total. The molecule has 1 amide bonds. The van der Waals surface area contributed by atoms with E-state index in [2.05, 4.69) is 72.2 Å².